The van der Waals surface area contributed by atoms with Crippen LogP contribution >= 0.6 is 0 Å². The molecule has 1 atom stereocenters. The number of rotatable bonds is 5. The Hall–Kier alpha value is -1.73. The molecule has 1 aliphatic heterocycles. The van der Waals surface area contributed by atoms with Gasteiger partial charge in [0.2, 0.25) is 10.0 Å². The maximum Gasteiger partial charge on any atom is 0.324 e. The molecule has 0 saturated carbocycles. The molecule has 120 valence electrons. The van der Waals surface area contributed by atoms with E-state index in [1.165, 1.54) is 23.4 Å². The minimum absolute atomic E-state index is 0.154. The van der Waals surface area contributed by atoms with Gasteiger partial charge in [0.05, 0.1) is 4.90 Å². The van der Waals surface area contributed by atoms with E-state index in [2.05, 4.69) is 0 Å². The highest BCUT2D eigenvalue weighted by atomic mass is 32.2. The molecule has 1 aromatic carbocycles. The maximum atomic E-state index is 12.7. The van der Waals surface area contributed by atoms with Crippen LogP contribution in [0.2, 0.25) is 0 Å². The van der Waals surface area contributed by atoms with E-state index in [1.807, 2.05) is 0 Å². The van der Waals surface area contributed by atoms with Gasteiger partial charge in [0, 0.05) is 6.54 Å². The molecule has 0 bridgehead atoms. The summed E-state index contributed by atoms with van der Waals surface area (Å²) in [5.41, 5.74) is 0. The quantitative estimate of drug-likeness (QED) is 0.764. The number of ketones is 1. The Kier molecular flexibility index (Phi) is 5.31. The number of benzene rings is 1. The minimum Gasteiger partial charge on any atom is -0.457 e. The van der Waals surface area contributed by atoms with Crippen LogP contribution in [0, 0.1) is 0 Å². The highest BCUT2D eigenvalue weighted by Crippen LogP contribution is 2.26. The van der Waals surface area contributed by atoms with Crippen LogP contribution in [0.3, 0.4) is 0 Å². The van der Waals surface area contributed by atoms with Gasteiger partial charge in [0.25, 0.3) is 0 Å². The Bertz CT molecular complexity index is 641. The first kappa shape index (κ1) is 16.6. The summed E-state index contributed by atoms with van der Waals surface area (Å²) in [6.45, 7) is 1.26. The first-order valence-electron chi connectivity index (χ1n) is 7.16. The van der Waals surface area contributed by atoms with Crippen LogP contribution in [0.15, 0.2) is 35.2 Å². The second-order valence-electron chi connectivity index (χ2n) is 5.25. The van der Waals surface area contributed by atoms with Crippen molar-refractivity contribution in [2.75, 3.05) is 13.2 Å². The number of sulfonamides is 1. The smallest absolute Gasteiger partial charge is 0.324 e. The summed E-state index contributed by atoms with van der Waals surface area (Å²) in [5, 5.41) is 0. The van der Waals surface area contributed by atoms with Crippen LogP contribution in [-0.4, -0.2) is 43.7 Å². The van der Waals surface area contributed by atoms with Gasteiger partial charge in [0.1, 0.15) is 12.6 Å². The van der Waals surface area contributed by atoms with Gasteiger partial charge < -0.3 is 4.74 Å². The van der Waals surface area contributed by atoms with Crippen molar-refractivity contribution in [3.8, 4) is 0 Å². The number of carbonyl (C=O) groups is 2. The number of carbonyl (C=O) groups excluding carboxylic acids is 2. The van der Waals surface area contributed by atoms with Crippen molar-refractivity contribution in [1.29, 1.82) is 0 Å². The third-order valence-electron chi connectivity index (χ3n) is 3.49. The van der Waals surface area contributed by atoms with Crippen molar-refractivity contribution in [2.45, 2.75) is 37.1 Å². The fourth-order valence-corrected chi connectivity index (χ4v) is 4.09. The normalized spacial score (nSPS) is 19.6. The van der Waals surface area contributed by atoms with Crippen LogP contribution in [-0.2, 0) is 24.3 Å². The van der Waals surface area contributed by atoms with E-state index >= 15 is 0 Å². The lowest BCUT2D eigenvalue weighted by Crippen LogP contribution is -2.48. The van der Waals surface area contributed by atoms with Crippen molar-refractivity contribution in [3.05, 3.63) is 30.3 Å². The highest BCUT2D eigenvalue weighted by molar-refractivity contribution is 7.89. The molecule has 1 fully saturated rings. The molecule has 0 aromatic heterocycles. The van der Waals surface area contributed by atoms with Crippen LogP contribution in [0.1, 0.15) is 26.2 Å². The first-order chi connectivity index (χ1) is 10.4. The zero-order valence-electron chi connectivity index (χ0n) is 12.4. The molecule has 0 amide bonds. The van der Waals surface area contributed by atoms with Gasteiger partial charge >= 0.3 is 5.97 Å². The molecule has 7 heteroatoms. The van der Waals surface area contributed by atoms with E-state index in [-0.39, 0.29) is 23.8 Å². The summed E-state index contributed by atoms with van der Waals surface area (Å²) in [6, 6.07) is 7.15. The fourth-order valence-electron chi connectivity index (χ4n) is 2.43. The van der Waals surface area contributed by atoms with Crippen LogP contribution in [0.25, 0.3) is 0 Å². The van der Waals surface area contributed by atoms with E-state index in [4.69, 9.17) is 4.74 Å². The predicted molar refractivity (Wildman–Crippen MR) is 79.6 cm³/mol. The fraction of sp³-hybridized carbons (Fsp3) is 0.467. The lowest BCUT2D eigenvalue weighted by molar-refractivity contribution is -0.152. The van der Waals surface area contributed by atoms with Gasteiger partial charge in [-0.3, -0.25) is 9.59 Å². The molecule has 0 radical (unpaired) electrons. The van der Waals surface area contributed by atoms with Crippen LogP contribution < -0.4 is 0 Å². The van der Waals surface area contributed by atoms with Crippen LogP contribution in [0.4, 0.5) is 0 Å². The van der Waals surface area contributed by atoms with Gasteiger partial charge in [-0.15, -0.1) is 0 Å². The third kappa shape index (κ3) is 3.72. The molecule has 0 unspecified atom stereocenters. The summed E-state index contributed by atoms with van der Waals surface area (Å²) in [4.78, 5) is 23.2. The Morgan fingerprint density at radius 3 is 2.55 bits per heavy atom. The monoisotopic (exact) mass is 325 g/mol. The van der Waals surface area contributed by atoms with E-state index in [1.54, 1.807) is 18.2 Å². The average molecular weight is 325 g/mol. The molecular formula is C15H19NO5S. The molecule has 1 aromatic rings. The standard InChI is InChI=1S/C15H19NO5S/c1-12(17)11-21-15(18)14-9-5-6-10-16(14)22(19,20)13-7-3-2-4-8-13/h2-4,7-8,14H,5-6,9-11H2,1H3/t14-/m1/s1. The van der Waals surface area contributed by atoms with E-state index in [9.17, 15) is 18.0 Å². The summed E-state index contributed by atoms with van der Waals surface area (Å²) >= 11 is 0. The van der Waals surface area contributed by atoms with Crippen molar-refractivity contribution in [2.24, 2.45) is 0 Å². The lowest BCUT2D eigenvalue weighted by atomic mass is 10.1. The minimum atomic E-state index is -3.75. The zero-order chi connectivity index (χ0) is 16.2. The topological polar surface area (TPSA) is 80.8 Å². The molecule has 0 spiro atoms. The van der Waals surface area contributed by atoms with Crippen molar-refractivity contribution >= 4 is 21.8 Å². The van der Waals surface area contributed by atoms with E-state index < -0.39 is 22.0 Å². The van der Waals surface area contributed by atoms with Crippen molar-refractivity contribution in [1.82, 2.24) is 4.31 Å². The molecular weight excluding hydrogens is 306 g/mol. The molecule has 1 saturated heterocycles. The number of ether oxygens (including phenoxy) is 1. The summed E-state index contributed by atoms with van der Waals surface area (Å²) in [7, 11) is -3.75. The molecule has 0 N–H and O–H groups in total. The zero-order valence-corrected chi connectivity index (χ0v) is 13.2. The van der Waals surface area contributed by atoms with Crippen molar-refractivity contribution < 1.29 is 22.7 Å². The van der Waals surface area contributed by atoms with E-state index in [0.29, 0.717) is 12.8 Å². The number of esters is 1. The van der Waals surface area contributed by atoms with Crippen molar-refractivity contribution in [3.63, 3.8) is 0 Å². The predicted octanol–water partition coefficient (Wildman–Crippen LogP) is 1.36. The summed E-state index contributed by atoms with van der Waals surface area (Å²) in [5.74, 6) is -0.934. The summed E-state index contributed by atoms with van der Waals surface area (Å²) < 4.78 is 31.5. The largest absolute Gasteiger partial charge is 0.457 e. The Balaban J connectivity index is 2.23. The molecule has 1 heterocycles. The highest BCUT2D eigenvalue weighted by Gasteiger charge is 2.38. The second kappa shape index (κ2) is 7.02. The SMILES string of the molecule is CC(=O)COC(=O)[C@H]1CCCCN1S(=O)(=O)c1ccccc1. The Morgan fingerprint density at radius 1 is 1.23 bits per heavy atom. The number of Topliss-reactive ketones (excluding diaryl/α,β-unsaturated/α-hetero) is 1. The molecule has 2 rings (SSSR count). The maximum absolute atomic E-state index is 12.7. The number of piperidine rings is 1. The number of hydrogen-bond acceptors (Lipinski definition) is 5. The van der Waals surface area contributed by atoms with Gasteiger partial charge in [-0.1, -0.05) is 18.2 Å². The average Bonchev–Trinajstić information content (AvgIpc) is 2.53. The molecule has 0 aliphatic carbocycles. The molecule has 22 heavy (non-hydrogen) atoms. The first-order valence-corrected chi connectivity index (χ1v) is 8.60. The molecule has 1 aliphatic rings. The van der Waals surface area contributed by atoms with Gasteiger partial charge in [-0.05, 0) is 38.3 Å². The van der Waals surface area contributed by atoms with Gasteiger partial charge in [0.15, 0.2) is 5.78 Å². The summed E-state index contributed by atoms with van der Waals surface area (Å²) in [6.07, 6.45) is 1.85. The lowest BCUT2D eigenvalue weighted by Gasteiger charge is -2.32. The Labute approximate surface area is 130 Å². The Morgan fingerprint density at radius 2 is 1.91 bits per heavy atom. The van der Waals surface area contributed by atoms with Gasteiger partial charge in [-0.2, -0.15) is 4.31 Å². The van der Waals surface area contributed by atoms with Gasteiger partial charge in [-0.25, -0.2) is 8.42 Å². The number of nitrogens with zero attached hydrogens (tertiary/aromatic N) is 1. The van der Waals surface area contributed by atoms with Crippen LogP contribution in [0.5, 0.6) is 0 Å². The number of hydrogen-bond donors (Lipinski definition) is 0. The van der Waals surface area contributed by atoms with E-state index in [0.717, 1.165) is 6.42 Å². The molecule has 6 nitrogen and oxygen atoms in total. The third-order valence-corrected chi connectivity index (χ3v) is 5.42. The second-order valence-corrected chi connectivity index (χ2v) is 7.14.